The Labute approximate surface area is 119 Å². The quantitative estimate of drug-likeness (QED) is 0.541. The van der Waals surface area contributed by atoms with Crippen molar-refractivity contribution in [3.8, 4) is 0 Å². The van der Waals surface area contributed by atoms with Gasteiger partial charge in [-0.25, -0.2) is 0 Å². The highest BCUT2D eigenvalue weighted by molar-refractivity contribution is 5.13. The van der Waals surface area contributed by atoms with E-state index in [4.69, 9.17) is 0 Å². The molecule has 1 fully saturated rings. The Kier molecular flexibility index (Phi) is 6.47. The number of aryl methyl sites for hydroxylation is 1. The first-order chi connectivity index (χ1) is 9.38. The van der Waals surface area contributed by atoms with Crippen molar-refractivity contribution >= 4 is 0 Å². The van der Waals surface area contributed by atoms with Crippen LogP contribution >= 0.6 is 0 Å². The maximum absolute atomic E-state index is 3.10. The van der Waals surface area contributed by atoms with Gasteiger partial charge in [0.15, 0.2) is 0 Å². The third-order valence-corrected chi connectivity index (χ3v) is 4.81. The summed E-state index contributed by atoms with van der Waals surface area (Å²) in [6, 6.07) is 11.6. The third-order valence-electron chi connectivity index (χ3n) is 4.81. The summed E-state index contributed by atoms with van der Waals surface area (Å²) in [5.41, 5.74) is 1.49. The highest BCUT2D eigenvalue weighted by Crippen LogP contribution is 2.34. The molecule has 0 spiro atoms. The molecule has 1 aliphatic rings. The summed E-state index contributed by atoms with van der Waals surface area (Å²) in [4.78, 5) is 0. The molecule has 0 bridgehead atoms. The van der Waals surface area contributed by atoms with E-state index in [0.29, 0.717) is 0 Å². The molecule has 0 amide bonds. The van der Waals surface area contributed by atoms with Gasteiger partial charge in [-0.3, -0.25) is 0 Å². The van der Waals surface area contributed by atoms with Gasteiger partial charge in [-0.15, -0.1) is 0 Å². The monoisotopic (exact) mass is 257 g/mol. The average molecular weight is 257 g/mol. The van der Waals surface area contributed by atoms with Gasteiger partial charge < -0.3 is 0 Å². The second kappa shape index (κ2) is 8.40. The highest BCUT2D eigenvalue weighted by atomic mass is 14.3. The Morgan fingerprint density at radius 3 is 2.21 bits per heavy atom. The van der Waals surface area contributed by atoms with Crippen molar-refractivity contribution in [2.24, 2.45) is 11.8 Å². The first-order valence-electron chi connectivity index (χ1n) is 8.33. The Hall–Kier alpha value is -0.780. The van der Waals surface area contributed by atoms with Crippen molar-refractivity contribution < 1.29 is 0 Å². The highest BCUT2D eigenvalue weighted by Gasteiger charge is 2.20. The molecule has 0 nitrogen and oxygen atoms in total. The lowest BCUT2D eigenvalue weighted by atomic mass is 9.78. The molecule has 0 N–H and O–H groups in total. The average Bonchev–Trinajstić information content (AvgIpc) is 2.48. The second-order valence-corrected chi connectivity index (χ2v) is 6.33. The van der Waals surface area contributed by atoms with Crippen LogP contribution in [0, 0.1) is 17.9 Å². The zero-order valence-corrected chi connectivity index (χ0v) is 12.5. The van der Waals surface area contributed by atoms with Gasteiger partial charge in [-0.05, 0) is 36.3 Å². The van der Waals surface area contributed by atoms with Gasteiger partial charge in [-0.1, -0.05) is 82.6 Å². The molecule has 0 heterocycles. The van der Waals surface area contributed by atoms with E-state index in [-0.39, 0.29) is 0 Å². The van der Waals surface area contributed by atoms with E-state index in [2.05, 4.69) is 25.1 Å². The minimum atomic E-state index is 0.992. The lowest BCUT2D eigenvalue weighted by molar-refractivity contribution is 0.249. The van der Waals surface area contributed by atoms with Gasteiger partial charge in [0.25, 0.3) is 0 Å². The summed E-state index contributed by atoms with van der Waals surface area (Å²) in [6.45, 7) is 2.30. The van der Waals surface area contributed by atoms with E-state index in [1.54, 1.807) is 0 Å². The minimum absolute atomic E-state index is 0.992. The molecule has 1 aliphatic carbocycles. The summed E-state index contributed by atoms with van der Waals surface area (Å²) >= 11 is 0. The van der Waals surface area contributed by atoms with Crippen LogP contribution in [0.25, 0.3) is 0 Å². The molecule has 1 aromatic rings. The molecule has 19 heavy (non-hydrogen) atoms. The number of hydrogen-bond donors (Lipinski definition) is 0. The molecule has 1 aromatic carbocycles. The van der Waals surface area contributed by atoms with Crippen LogP contribution in [0.15, 0.2) is 24.3 Å². The zero-order chi connectivity index (χ0) is 13.3. The second-order valence-electron chi connectivity index (χ2n) is 6.33. The normalized spacial score (nSPS) is 23.4. The SMILES string of the molecule is CCCCCC1CCC(CCc2cc[c]cc2)CC1. The van der Waals surface area contributed by atoms with Crippen LogP contribution in [0.5, 0.6) is 0 Å². The van der Waals surface area contributed by atoms with Crippen LogP contribution in [0.3, 0.4) is 0 Å². The molecular weight excluding hydrogens is 228 g/mol. The molecule has 2 rings (SSSR count). The van der Waals surface area contributed by atoms with Crippen molar-refractivity contribution in [3.05, 3.63) is 35.9 Å². The molecule has 0 aromatic heterocycles. The topological polar surface area (TPSA) is 0 Å². The van der Waals surface area contributed by atoms with Gasteiger partial charge in [0.05, 0.1) is 0 Å². The van der Waals surface area contributed by atoms with Crippen LogP contribution in [-0.2, 0) is 6.42 Å². The fraction of sp³-hybridized carbons (Fsp3) is 0.684. The van der Waals surface area contributed by atoms with Crippen molar-refractivity contribution in [3.63, 3.8) is 0 Å². The van der Waals surface area contributed by atoms with Gasteiger partial charge in [0.2, 0.25) is 0 Å². The third kappa shape index (κ3) is 5.38. The van der Waals surface area contributed by atoms with Gasteiger partial charge >= 0.3 is 0 Å². The number of benzene rings is 1. The molecule has 105 valence electrons. The van der Waals surface area contributed by atoms with E-state index >= 15 is 0 Å². The van der Waals surface area contributed by atoms with Crippen LogP contribution < -0.4 is 0 Å². The van der Waals surface area contributed by atoms with Crippen molar-refractivity contribution in [1.29, 1.82) is 0 Å². The molecule has 1 radical (unpaired) electrons. The molecule has 0 saturated heterocycles. The fourth-order valence-corrected chi connectivity index (χ4v) is 3.45. The summed E-state index contributed by atoms with van der Waals surface area (Å²) < 4.78 is 0. The van der Waals surface area contributed by atoms with Gasteiger partial charge in [-0.2, -0.15) is 0 Å². The largest absolute Gasteiger partial charge is 0.0654 e. The molecule has 0 aliphatic heterocycles. The van der Waals surface area contributed by atoms with Gasteiger partial charge in [0.1, 0.15) is 0 Å². The van der Waals surface area contributed by atoms with Crippen LogP contribution in [0.1, 0.15) is 70.3 Å². The van der Waals surface area contributed by atoms with Crippen molar-refractivity contribution in [2.45, 2.75) is 71.1 Å². The van der Waals surface area contributed by atoms with E-state index in [9.17, 15) is 0 Å². The summed E-state index contributed by atoms with van der Waals surface area (Å²) in [7, 11) is 0. The molecule has 0 atom stereocenters. The van der Waals surface area contributed by atoms with Gasteiger partial charge in [0, 0.05) is 0 Å². The fourth-order valence-electron chi connectivity index (χ4n) is 3.45. The molecule has 1 saturated carbocycles. The van der Waals surface area contributed by atoms with Crippen LogP contribution in [0.4, 0.5) is 0 Å². The first-order valence-corrected chi connectivity index (χ1v) is 8.33. The van der Waals surface area contributed by atoms with E-state index in [0.717, 1.165) is 11.8 Å². The number of rotatable bonds is 7. The Balaban J connectivity index is 1.61. The maximum Gasteiger partial charge on any atom is -0.0184 e. The van der Waals surface area contributed by atoms with E-state index in [1.165, 1.54) is 69.8 Å². The first kappa shape index (κ1) is 14.6. The van der Waals surface area contributed by atoms with Crippen LogP contribution in [-0.4, -0.2) is 0 Å². The lowest BCUT2D eigenvalue weighted by Crippen LogP contribution is -2.15. The molecular formula is C19H29. The Morgan fingerprint density at radius 2 is 1.58 bits per heavy atom. The molecule has 0 unspecified atom stereocenters. The zero-order valence-electron chi connectivity index (χ0n) is 12.5. The number of unbranched alkanes of at least 4 members (excludes halogenated alkanes) is 2. The Morgan fingerprint density at radius 1 is 0.947 bits per heavy atom. The van der Waals surface area contributed by atoms with Crippen molar-refractivity contribution in [2.75, 3.05) is 0 Å². The summed E-state index contributed by atoms with van der Waals surface area (Å²) in [6.07, 6.45) is 14.4. The van der Waals surface area contributed by atoms with Crippen LogP contribution in [0.2, 0.25) is 0 Å². The lowest BCUT2D eigenvalue weighted by Gasteiger charge is -2.28. The summed E-state index contributed by atoms with van der Waals surface area (Å²) in [5.74, 6) is 2.04. The Bertz CT molecular complexity index is 319. The smallest absolute Gasteiger partial charge is 0.0184 e. The van der Waals surface area contributed by atoms with E-state index in [1.807, 2.05) is 12.1 Å². The predicted octanol–water partition coefficient (Wildman–Crippen LogP) is 5.81. The van der Waals surface area contributed by atoms with E-state index < -0.39 is 0 Å². The molecule has 0 heteroatoms. The number of hydrogen-bond acceptors (Lipinski definition) is 0. The summed E-state index contributed by atoms with van der Waals surface area (Å²) in [5, 5.41) is 0. The minimum Gasteiger partial charge on any atom is -0.0654 e. The maximum atomic E-state index is 3.10. The standard InChI is InChI=1S/C19H29/c1-2-3-5-8-18-12-15-19(16-13-18)14-11-17-9-6-4-7-10-17/h6-7,9-10,18-19H,2-3,5,8,11-16H2,1H3. The predicted molar refractivity (Wildman–Crippen MR) is 83.2 cm³/mol. The van der Waals surface area contributed by atoms with Crippen molar-refractivity contribution in [1.82, 2.24) is 0 Å².